The van der Waals surface area contributed by atoms with Gasteiger partial charge in [-0.15, -0.1) is 0 Å². The average Bonchev–Trinajstić information content (AvgIpc) is 2.97. The second kappa shape index (κ2) is 8.12. The summed E-state index contributed by atoms with van der Waals surface area (Å²) >= 11 is 0. The molecule has 0 aromatic rings. The van der Waals surface area contributed by atoms with Crippen LogP contribution in [0.25, 0.3) is 0 Å². The van der Waals surface area contributed by atoms with E-state index in [2.05, 4.69) is 37.9 Å². The van der Waals surface area contributed by atoms with Crippen molar-refractivity contribution in [3.63, 3.8) is 0 Å². The summed E-state index contributed by atoms with van der Waals surface area (Å²) in [7, 11) is 0. The topological polar surface area (TPSA) is 35.5 Å². The van der Waals surface area contributed by atoms with Crippen molar-refractivity contribution in [3.8, 4) is 0 Å². The first-order valence-electron chi connectivity index (χ1n) is 9.52. The third-order valence-electron chi connectivity index (χ3n) is 5.79. The minimum absolute atomic E-state index is 0.00125. The maximum absolute atomic E-state index is 10.4. The van der Waals surface area contributed by atoms with Gasteiger partial charge in [0.25, 0.3) is 0 Å². The first kappa shape index (κ1) is 18.2. The van der Waals surface area contributed by atoms with Crippen molar-refractivity contribution in [3.05, 3.63) is 0 Å². The summed E-state index contributed by atoms with van der Waals surface area (Å²) < 4.78 is 0. The van der Waals surface area contributed by atoms with E-state index >= 15 is 0 Å². The fraction of sp³-hybridized carbons (Fsp3) is 1.00. The molecule has 3 nitrogen and oxygen atoms in total. The lowest BCUT2D eigenvalue weighted by atomic mass is 9.80. The van der Waals surface area contributed by atoms with Gasteiger partial charge in [0, 0.05) is 19.1 Å². The Labute approximate surface area is 137 Å². The van der Waals surface area contributed by atoms with Crippen LogP contribution >= 0.6 is 0 Å². The van der Waals surface area contributed by atoms with Crippen molar-refractivity contribution in [1.29, 1.82) is 0 Å². The maximum atomic E-state index is 10.4. The highest BCUT2D eigenvalue weighted by molar-refractivity contribution is 4.87. The Hall–Kier alpha value is -0.120. The van der Waals surface area contributed by atoms with Crippen molar-refractivity contribution in [1.82, 2.24) is 10.2 Å². The van der Waals surface area contributed by atoms with Crippen LogP contribution in [-0.4, -0.2) is 48.3 Å². The Morgan fingerprint density at radius 1 is 1.14 bits per heavy atom. The maximum Gasteiger partial charge on any atom is 0.0591 e. The number of aliphatic hydroxyl groups excluding tert-OH is 1. The number of nitrogens with one attached hydrogen (secondary N) is 1. The molecular formula is C19H38N2O. The molecule has 0 amide bonds. The zero-order chi connectivity index (χ0) is 16.2. The van der Waals surface area contributed by atoms with Gasteiger partial charge in [0.05, 0.1) is 6.10 Å². The lowest BCUT2D eigenvalue weighted by Gasteiger charge is -2.40. The summed E-state index contributed by atoms with van der Waals surface area (Å²) in [5.41, 5.74) is 0.00125. The molecule has 0 aromatic carbocycles. The number of likely N-dealkylation sites (N-methyl/N-ethyl adjacent to an activating group) is 1. The molecule has 3 unspecified atom stereocenters. The Balaban J connectivity index is 1.82. The Bertz CT molecular complexity index is 320. The van der Waals surface area contributed by atoms with Crippen LogP contribution < -0.4 is 5.32 Å². The van der Waals surface area contributed by atoms with Crippen LogP contribution in [0.1, 0.15) is 66.2 Å². The summed E-state index contributed by atoms with van der Waals surface area (Å²) in [6.45, 7) is 13.4. The predicted octanol–water partition coefficient (Wildman–Crippen LogP) is 3.27. The highest BCUT2D eigenvalue weighted by Crippen LogP contribution is 2.29. The normalized spacial score (nSPS) is 29.9. The molecule has 2 fully saturated rings. The van der Waals surface area contributed by atoms with Crippen molar-refractivity contribution >= 4 is 0 Å². The summed E-state index contributed by atoms with van der Waals surface area (Å²) in [6.07, 6.45) is 7.69. The summed E-state index contributed by atoms with van der Waals surface area (Å²) in [4.78, 5) is 2.57. The number of nitrogens with zero attached hydrogens (tertiary/aromatic N) is 1. The van der Waals surface area contributed by atoms with Gasteiger partial charge in [0.2, 0.25) is 0 Å². The van der Waals surface area contributed by atoms with E-state index in [9.17, 15) is 5.11 Å². The molecule has 0 spiro atoms. The van der Waals surface area contributed by atoms with E-state index in [0.717, 1.165) is 25.4 Å². The minimum atomic E-state index is -0.190. The lowest BCUT2D eigenvalue weighted by molar-refractivity contribution is 0.0225. The minimum Gasteiger partial charge on any atom is -0.393 e. The molecule has 0 radical (unpaired) electrons. The number of hydrogen-bond acceptors (Lipinski definition) is 3. The number of rotatable bonds is 6. The molecule has 3 atom stereocenters. The molecule has 1 aliphatic carbocycles. The molecule has 0 aromatic heterocycles. The van der Waals surface area contributed by atoms with E-state index < -0.39 is 0 Å². The summed E-state index contributed by atoms with van der Waals surface area (Å²) in [5, 5.41) is 14.3. The Morgan fingerprint density at radius 3 is 2.41 bits per heavy atom. The smallest absolute Gasteiger partial charge is 0.0591 e. The molecule has 2 aliphatic rings. The second-order valence-electron chi connectivity index (χ2n) is 8.83. The molecule has 1 aliphatic heterocycles. The van der Waals surface area contributed by atoms with Crippen LogP contribution in [-0.2, 0) is 0 Å². The highest BCUT2D eigenvalue weighted by atomic mass is 16.3. The molecule has 2 N–H and O–H groups in total. The van der Waals surface area contributed by atoms with Crippen LogP contribution in [0.15, 0.2) is 0 Å². The molecule has 0 bridgehead atoms. The Morgan fingerprint density at radius 2 is 1.82 bits per heavy atom. The second-order valence-corrected chi connectivity index (χ2v) is 8.83. The standard InChI is InChI=1S/C19H38N2O/c1-5-21-13-16(11-18(22)19(2,3)4)10-17(14-21)20-12-15-8-6-7-9-15/h15-18,20,22H,5-14H2,1-4H3. The number of piperidine rings is 1. The van der Waals surface area contributed by atoms with Gasteiger partial charge in [-0.1, -0.05) is 40.5 Å². The van der Waals surface area contributed by atoms with Gasteiger partial charge in [0.1, 0.15) is 0 Å². The molecule has 2 rings (SSSR count). The largest absolute Gasteiger partial charge is 0.393 e. The van der Waals surface area contributed by atoms with Gasteiger partial charge in [0.15, 0.2) is 0 Å². The zero-order valence-corrected chi connectivity index (χ0v) is 15.3. The quantitative estimate of drug-likeness (QED) is 0.790. The fourth-order valence-electron chi connectivity index (χ4n) is 4.10. The third kappa shape index (κ3) is 5.50. The van der Waals surface area contributed by atoms with E-state index in [1.165, 1.54) is 45.2 Å². The van der Waals surface area contributed by atoms with Gasteiger partial charge >= 0.3 is 0 Å². The SMILES string of the molecule is CCN1CC(CC(O)C(C)(C)C)CC(NCC2CCCC2)C1. The first-order valence-corrected chi connectivity index (χ1v) is 9.52. The van der Waals surface area contributed by atoms with Gasteiger partial charge < -0.3 is 15.3 Å². The average molecular weight is 311 g/mol. The van der Waals surface area contributed by atoms with Crippen molar-refractivity contribution in [2.24, 2.45) is 17.3 Å². The van der Waals surface area contributed by atoms with E-state index in [1.807, 2.05) is 0 Å². The van der Waals surface area contributed by atoms with Crippen molar-refractivity contribution in [2.45, 2.75) is 78.4 Å². The molecule has 1 saturated carbocycles. The molecule has 3 heteroatoms. The zero-order valence-electron chi connectivity index (χ0n) is 15.3. The van der Waals surface area contributed by atoms with Gasteiger partial charge in [-0.25, -0.2) is 0 Å². The number of hydrogen-bond donors (Lipinski definition) is 2. The highest BCUT2D eigenvalue weighted by Gasteiger charge is 2.31. The van der Waals surface area contributed by atoms with E-state index in [0.29, 0.717) is 12.0 Å². The Kier molecular flexibility index (Phi) is 6.73. The monoisotopic (exact) mass is 310 g/mol. The number of aliphatic hydroxyl groups is 1. The first-order chi connectivity index (χ1) is 10.4. The molecule has 1 heterocycles. The van der Waals surface area contributed by atoms with Crippen LogP contribution in [0.4, 0.5) is 0 Å². The fourth-order valence-corrected chi connectivity index (χ4v) is 4.10. The molecule has 130 valence electrons. The summed E-state index contributed by atoms with van der Waals surface area (Å²) in [5.74, 6) is 1.54. The predicted molar refractivity (Wildman–Crippen MR) is 94.0 cm³/mol. The van der Waals surface area contributed by atoms with E-state index in [1.54, 1.807) is 0 Å². The number of likely N-dealkylation sites (tertiary alicyclic amines) is 1. The molecule has 22 heavy (non-hydrogen) atoms. The van der Waals surface area contributed by atoms with Crippen LogP contribution in [0.2, 0.25) is 0 Å². The third-order valence-corrected chi connectivity index (χ3v) is 5.79. The van der Waals surface area contributed by atoms with Crippen molar-refractivity contribution < 1.29 is 5.11 Å². The van der Waals surface area contributed by atoms with E-state index in [4.69, 9.17) is 0 Å². The van der Waals surface area contributed by atoms with Gasteiger partial charge in [-0.2, -0.15) is 0 Å². The van der Waals surface area contributed by atoms with Crippen molar-refractivity contribution in [2.75, 3.05) is 26.2 Å². The van der Waals surface area contributed by atoms with Crippen LogP contribution in [0, 0.1) is 17.3 Å². The van der Waals surface area contributed by atoms with Crippen LogP contribution in [0.5, 0.6) is 0 Å². The molecule has 1 saturated heterocycles. The van der Waals surface area contributed by atoms with Gasteiger partial charge in [-0.05, 0) is 56.0 Å². The van der Waals surface area contributed by atoms with E-state index in [-0.39, 0.29) is 11.5 Å². The van der Waals surface area contributed by atoms with Crippen LogP contribution in [0.3, 0.4) is 0 Å². The lowest BCUT2D eigenvalue weighted by Crippen LogP contribution is -2.50. The van der Waals surface area contributed by atoms with Gasteiger partial charge in [-0.3, -0.25) is 0 Å². The summed E-state index contributed by atoms with van der Waals surface area (Å²) in [6, 6.07) is 0.617. The molecular weight excluding hydrogens is 272 g/mol.